The Kier molecular flexibility index (Phi) is 12.3. The SMILES string of the molecule is CC(C)(C)C(c1cc(-c2cc(F)ccc2F)cn1Cc1ccccc1)N(CCC(NC(=O)OCC[Si](C)(C)C)C(=O)O)C(=O)CO. The van der Waals surface area contributed by atoms with Gasteiger partial charge in [0.2, 0.25) is 5.91 Å². The van der Waals surface area contributed by atoms with Crippen LogP contribution in [0, 0.1) is 17.0 Å². The molecule has 0 radical (unpaired) electrons. The molecule has 46 heavy (non-hydrogen) atoms. The summed E-state index contributed by atoms with van der Waals surface area (Å²) in [5.74, 6) is -3.19. The Morgan fingerprint density at radius 1 is 1.04 bits per heavy atom. The van der Waals surface area contributed by atoms with E-state index in [2.05, 4.69) is 25.0 Å². The number of benzene rings is 2. The lowest BCUT2D eigenvalue weighted by molar-refractivity contribution is -0.143. The van der Waals surface area contributed by atoms with Gasteiger partial charge in [-0.05, 0) is 47.7 Å². The molecule has 3 rings (SSSR count). The number of nitrogens with zero attached hydrogens (tertiary/aromatic N) is 2. The van der Waals surface area contributed by atoms with Crippen LogP contribution < -0.4 is 5.32 Å². The number of halogens is 2. The minimum absolute atomic E-state index is 0.0449. The molecule has 2 amide bonds. The molecule has 0 bridgehead atoms. The molecule has 2 atom stereocenters. The summed E-state index contributed by atoms with van der Waals surface area (Å²) in [6.45, 7) is 11.6. The minimum atomic E-state index is -1.48. The highest BCUT2D eigenvalue weighted by molar-refractivity contribution is 6.76. The maximum Gasteiger partial charge on any atom is 0.407 e. The van der Waals surface area contributed by atoms with Crippen molar-refractivity contribution in [3.05, 3.63) is 83.7 Å². The van der Waals surface area contributed by atoms with Crippen LogP contribution in [0.2, 0.25) is 25.7 Å². The van der Waals surface area contributed by atoms with Crippen molar-refractivity contribution in [2.75, 3.05) is 19.8 Å². The first kappa shape index (κ1) is 36.4. The van der Waals surface area contributed by atoms with E-state index >= 15 is 0 Å². The van der Waals surface area contributed by atoms with E-state index in [1.54, 1.807) is 12.3 Å². The fourth-order valence-corrected chi connectivity index (χ4v) is 5.97. The van der Waals surface area contributed by atoms with Gasteiger partial charge in [-0.1, -0.05) is 70.7 Å². The molecular weight excluding hydrogens is 612 g/mol. The first-order chi connectivity index (χ1) is 21.5. The molecule has 2 unspecified atom stereocenters. The Balaban J connectivity index is 2.02. The molecule has 3 aromatic rings. The molecule has 1 heterocycles. The number of rotatable bonds is 14. The van der Waals surface area contributed by atoms with Gasteiger partial charge in [-0.3, -0.25) is 4.79 Å². The van der Waals surface area contributed by atoms with Crippen molar-refractivity contribution < 1.29 is 38.1 Å². The number of aliphatic hydroxyl groups is 1. The van der Waals surface area contributed by atoms with Crippen LogP contribution in [0.3, 0.4) is 0 Å². The Morgan fingerprint density at radius 2 is 1.72 bits per heavy atom. The molecule has 0 aliphatic rings. The fraction of sp³-hybridized carbons (Fsp3) is 0.441. The molecule has 2 aromatic carbocycles. The Hall–Kier alpha value is -4.03. The van der Waals surface area contributed by atoms with E-state index in [0.717, 1.165) is 23.8 Å². The number of carboxylic acid groups (broad SMARTS) is 1. The third-order valence-electron chi connectivity index (χ3n) is 7.57. The number of ether oxygens (including phenoxy) is 1. The van der Waals surface area contributed by atoms with Gasteiger partial charge in [-0.2, -0.15) is 0 Å². The lowest BCUT2D eigenvalue weighted by atomic mass is 9.82. The average Bonchev–Trinajstić information content (AvgIpc) is 3.36. The quantitative estimate of drug-likeness (QED) is 0.175. The molecule has 1 aromatic heterocycles. The number of carbonyl (C=O) groups is 3. The van der Waals surface area contributed by atoms with Gasteiger partial charge in [0.25, 0.3) is 0 Å². The lowest BCUT2D eigenvalue weighted by Gasteiger charge is -2.41. The molecule has 0 saturated heterocycles. The van der Waals surface area contributed by atoms with E-state index in [1.807, 2.05) is 55.7 Å². The van der Waals surface area contributed by atoms with Gasteiger partial charge in [0, 0.05) is 44.2 Å². The van der Waals surface area contributed by atoms with Crippen molar-refractivity contribution >= 4 is 26.0 Å². The highest BCUT2D eigenvalue weighted by Crippen LogP contribution is 2.41. The van der Waals surface area contributed by atoms with Crippen LogP contribution in [0.5, 0.6) is 0 Å². The highest BCUT2D eigenvalue weighted by Gasteiger charge is 2.38. The molecular formula is C34H45F2N3O6Si. The third kappa shape index (κ3) is 10.2. The van der Waals surface area contributed by atoms with Crippen molar-refractivity contribution in [2.45, 2.75) is 71.5 Å². The molecule has 0 fully saturated rings. The van der Waals surface area contributed by atoms with Crippen molar-refractivity contribution in [1.82, 2.24) is 14.8 Å². The summed E-state index contributed by atoms with van der Waals surface area (Å²) in [4.78, 5) is 39.3. The van der Waals surface area contributed by atoms with Gasteiger partial charge >= 0.3 is 12.1 Å². The number of nitrogens with one attached hydrogen (secondary N) is 1. The molecule has 0 aliphatic heterocycles. The van der Waals surface area contributed by atoms with Crippen molar-refractivity contribution in [3.63, 3.8) is 0 Å². The van der Waals surface area contributed by atoms with Crippen LogP contribution in [-0.2, 0) is 20.9 Å². The topological polar surface area (TPSA) is 121 Å². The van der Waals surface area contributed by atoms with Crippen molar-refractivity contribution in [2.24, 2.45) is 5.41 Å². The van der Waals surface area contributed by atoms with Gasteiger partial charge in [0.05, 0.1) is 12.6 Å². The first-order valence-electron chi connectivity index (χ1n) is 15.3. The van der Waals surface area contributed by atoms with E-state index in [4.69, 9.17) is 4.74 Å². The van der Waals surface area contributed by atoms with Crippen LogP contribution in [0.25, 0.3) is 11.1 Å². The molecule has 0 saturated carbocycles. The lowest BCUT2D eigenvalue weighted by Crippen LogP contribution is -2.48. The third-order valence-corrected chi connectivity index (χ3v) is 9.27. The zero-order valence-corrected chi connectivity index (χ0v) is 28.3. The van der Waals surface area contributed by atoms with E-state index in [9.17, 15) is 33.4 Å². The monoisotopic (exact) mass is 657 g/mol. The molecule has 9 nitrogen and oxygen atoms in total. The number of aliphatic carboxylic acids is 1. The second-order valence-electron chi connectivity index (χ2n) is 13.7. The molecule has 3 N–H and O–H groups in total. The molecule has 250 valence electrons. The number of amides is 2. The molecule has 0 spiro atoms. The fourth-order valence-electron chi connectivity index (χ4n) is 5.26. The smallest absolute Gasteiger partial charge is 0.407 e. The highest BCUT2D eigenvalue weighted by atomic mass is 28.3. The summed E-state index contributed by atoms with van der Waals surface area (Å²) in [5, 5.41) is 22.3. The predicted octanol–water partition coefficient (Wildman–Crippen LogP) is 6.30. The number of carbonyl (C=O) groups excluding carboxylic acids is 2. The number of carboxylic acids is 1. The maximum atomic E-state index is 15.0. The van der Waals surface area contributed by atoms with Crippen LogP contribution >= 0.6 is 0 Å². The number of hydrogen-bond acceptors (Lipinski definition) is 5. The van der Waals surface area contributed by atoms with Gasteiger partial charge in [-0.25, -0.2) is 18.4 Å². The minimum Gasteiger partial charge on any atom is -0.480 e. The van der Waals surface area contributed by atoms with Gasteiger partial charge in [0.1, 0.15) is 24.3 Å². The normalized spacial score (nSPS) is 13.2. The largest absolute Gasteiger partial charge is 0.480 e. The zero-order valence-electron chi connectivity index (χ0n) is 27.3. The summed E-state index contributed by atoms with van der Waals surface area (Å²) >= 11 is 0. The zero-order chi connectivity index (χ0) is 34.2. The summed E-state index contributed by atoms with van der Waals surface area (Å²) in [5.41, 5.74) is 1.24. The van der Waals surface area contributed by atoms with Crippen LogP contribution in [-0.4, -0.2) is 71.5 Å². The van der Waals surface area contributed by atoms with E-state index in [0.29, 0.717) is 23.8 Å². The van der Waals surface area contributed by atoms with E-state index in [-0.39, 0.29) is 25.1 Å². The summed E-state index contributed by atoms with van der Waals surface area (Å²) < 4.78 is 36.3. The number of aliphatic hydroxyl groups excluding tert-OH is 1. The summed E-state index contributed by atoms with van der Waals surface area (Å²) in [6.07, 6.45) is 0.650. The molecule has 12 heteroatoms. The second kappa shape index (κ2) is 15.5. The summed E-state index contributed by atoms with van der Waals surface area (Å²) in [6, 6.07) is 13.0. The first-order valence-corrected chi connectivity index (χ1v) is 19.0. The van der Waals surface area contributed by atoms with Gasteiger partial charge < -0.3 is 29.7 Å². The number of alkyl carbamates (subject to hydrolysis) is 1. The Morgan fingerprint density at radius 3 is 2.30 bits per heavy atom. The standard InChI is InChI=1S/C34H45F2N3O6Si/c1-34(2,3)31(39(30(41)22-40)15-14-28(32(42)43)37-33(44)45-16-17-46(4,5)6)29-18-24(26-19-25(35)12-13-27(26)36)21-38(29)20-23-10-8-7-9-11-23/h7-13,18-19,21,28,31,40H,14-17,20,22H2,1-6H3,(H,37,44)(H,42,43). The van der Waals surface area contributed by atoms with Crippen LogP contribution in [0.1, 0.15) is 44.5 Å². The number of hydrogen-bond donors (Lipinski definition) is 3. The average molecular weight is 658 g/mol. The van der Waals surface area contributed by atoms with Crippen LogP contribution in [0.4, 0.5) is 13.6 Å². The van der Waals surface area contributed by atoms with Crippen LogP contribution in [0.15, 0.2) is 60.8 Å². The second-order valence-corrected chi connectivity index (χ2v) is 19.3. The summed E-state index contributed by atoms with van der Waals surface area (Å²) in [7, 11) is -1.48. The Labute approximate surface area is 270 Å². The number of aromatic nitrogens is 1. The van der Waals surface area contributed by atoms with E-state index in [1.165, 1.54) is 4.90 Å². The van der Waals surface area contributed by atoms with Gasteiger partial charge in [-0.15, -0.1) is 0 Å². The molecule has 0 aliphatic carbocycles. The van der Waals surface area contributed by atoms with Crippen molar-refractivity contribution in [3.8, 4) is 11.1 Å². The predicted molar refractivity (Wildman–Crippen MR) is 175 cm³/mol. The Bertz CT molecular complexity index is 1500. The van der Waals surface area contributed by atoms with E-state index < -0.39 is 61.8 Å². The maximum absolute atomic E-state index is 15.0. The van der Waals surface area contributed by atoms with Gasteiger partial charge in [0.15, 0.2) is 0 Å². The van der Waals surface area contributed by atoms with Crippen molar-refractivity contribution in [1.29, 1.82) is 0 Å².